The molecule has 17 heavy (non-hydrogen) atoms. The van der Waals surface area contributed by atoms with Crippen LogP contribution in [-0.4, -0.2) is 16.1 Å². The predicted octanol–water partition coefficient (Wildman–Crippen LogP) is 2.05. The number of allylic oxidation sites excluding steroid dienone is 4. The van der Waals surface area contributed by atoms with Crippen molar-refractivity contribution in [3.63, 3.8) is 0 Å². The second kappa shape index (κ2) is 5.51. The maximum absolute atomic E-state index is 3.91. The van der Waals surface area contributed by atoms with Crippen molar-refractivity contribution in [2.45, 2.75) is 64.7 Å². The summed E-state index contributed by atoms with van der Waals surface area (Å²) in [5.74, 6) is 0. The minimum atomic E-state index is -1.28. The maximum Gasteiger partial charge on any atom is 1.00 e. The van der Waals surface area contributed by atoms with Crippen LogP contribution in [0.5, 0.6) is 0 Å². The Morgan fingerprint density at radius 1 is 0.824 bits per heavy atom. The van der Waals surface area contributed by atoms with Gasteiger partial charge in [0.25, 0.3) is 0 Å². The van der Waals surface area contributed by atoms with Crippen molar-refractivity contribution < 1.29 is 51.4 Å². The molecular formula is C14H27KSi2. The molecule has 0 fully saturated rings. The van der Waals surface area contributed by atoms with Gasteiger partial charge in [-0.2, -0.15) is 11.1 Å². The van der Waals surface area contributed by atoms with E-state index in [4.69, 9.17) is 0 Å². The van der Waals surface area contributed by atoms with Gasteiger partial charge in [-0.15, -0.1) is 6.92 Å². The quantitative estimate of drug-likeness (QED) is 0.539. The third-order valence-corrected chi connectivity index (χ3v) is 14.3. The normalized spacial score (nSPS) is 20.2. The van der Waals surface area contributed by atoms with Crippen molar-refractivity contribution in [3.05, 3.63) is 22.8 Å². The van der Waals surface area contributed by atoms with Crippen molar-refractivity contribution in [2.75, 3.05) is 0 Å². The summed E-state index contributed by atoms with van der Waals surface area (Å²) in [6, 6.07) is 0. The second-order valence-corrected chi connectivity index (χ2v) is 18.2. The summed E-state index contributed by atoms with van der Waals surface area (Å²) in [4.78, 5) is 0. The van der Waals surface area contributed by atoms with E-state index in [9.17, 15) is 0 Å². The topological polar surface area (TPSA) is 0 Å². The van der Waals surface area contributed by atoms with E-state index in [1.807, 2.05) is 0 Å². The number of hydrogen-bond acceptors (Lipinski definition) is 0. The molecule has 0 aromatic heterocycles. The van der Waals surface area contributed by atoms with Crippen LogP contribution < -0.4 is 51.4 Å². The minimum Gasteiger partial charge on any atom is -0.268 e. The van der Waals surface area contributed by atoms with Crippen LogP contribution in [0.25, 0.3) is 0 Å². The van der Waals surface area contributed by atoms with Crippen LogP contribution in [0.3, 0.4) is 0 Å². The number of hydrogen-bond donors (Lipinski definition) is 0. The molecule has 0 nitrogen and oxygen atoms in total. The molecule has 1 rings (SSSR count). The summed E-state index contributed by atoms with van der Waals surface area (Å²) in [6.45, 7) is 21.9. The van der Waals surface area contributed by atoms with Gasteiger partial charge in [0.15, 0.2) is 0 Å². The molecule has 0 N–H and O–H groups in total. The number of rotatable bonds is 2. The van der Waals surface area contributed by atoms with E-state index in [-0.39, 0.29) is 51.4 Å². The molecule has 0 saturated carbocycles. The Bertz CT molecular complexity index is 351. The van der Waals surface area contributed by atoms with Crippen LogP contribution in [0, 0.1) is 6.08 Å². The Morgan fingerprint density at radius 3 is 1.29 bits per heavy atom. The van der Waals surface area contributed by atoms with Gasteiger partial charge in [0.05, 0.1) is 0 Å². The molecule has 0 radical (unpaired) electrons. The monoisotopic (exact) mass is 290 g/mol. The van der Waals surface area contributed by atoms with Gasteiger partial charge in [-0.25, -0.2) is 5.57 Å². The first kappa shape index (κ1) is 18.6. The van der Waals surface area contributed by atoms with Gasteiger partial charge >= 0.3 is 51.4 Å². The molecule has 0 heterocycles. The van der Waals surface area contributed by atoms with E-state index in [0.717, 1.165) is 0 Å². The molecule has 0 amide bonds. The predicted molar refractivity (Wildman–Crippen MR) is 80.2 cm³/mol. The van der Waals surface area contributed by atoms with Crippen LogP contribution in [0.1, 0.15) is 20.8 Å². The third kappa shape index (κ3) is 2.86. The summed E-state index contributed by atoms with van der Waals surface area (Å²) in [5, 5.41) is 0. The van der Waals surface area contributed by atoms with Crippen LogP contribution in [-0.2, 0) is 0 Å². The molecule has 92 valence electrons. The molecule has 0 aliphatic heterocycles. The van der Waals surface area contributed by atoms with Crippen LogP contribution in [0.15, 0.2) is 16.7 Å². The summed E-state index contributed by atoms with van der Waals surface area (Å²) < 4.78 is 0.341. The standard InChI is InChI=1S/C14H27Si2.K/c1-11-10-14(15(4,5)6,16(7,8)9)13(3)12(11)2;/h1-9H3;/q-1;+1. The summed E-state index contributed by atoms with van der Waals surface area (Å²) >= 11 is 0. The molecule has 0 aromatic rings. The Labute approximate surface area is 153 Å². The fourth-order valence-electron chi connectivity index (χ4n) is 3.66. The Balaban J connectivity index is 0.00000256. The largest absolute Gasteiger partial charge is 1.00 e. The minimum absolute atomic E-state index is 0. The summed E-state index contributed by atoms with van der Waals surface area (Å²) in [5.41, 5.74) is 4.54. The van der Waals surface area contributed by atoms with Crippen molar-refractivity contribution in [2.24, 2.45) is 0 Å². The second-order valence-electron chi connectivity index (χ2n) is 7.25. The molecule has 0 bridgehead atoms. The molecular weight excluding hydrogens is 263 g/mol. The average Bonchev–Trinajstić information content (AvgIpc) is 2.27. The van der Waals surface area contributed by atoms with Crippen molar-refractivity contribution >= 4 is 16.1 Å². The van der Waals surface area contributed by atoms with Crippen molar-refractivity contribution in [3.8, 4) is 0 Å². The van der Waals surface area contributed by atoms with Gasteiger partial charge in [-0.3, -0.25) is 6.08 Å². The molecule has 0 saturated heterocycles. The molecule has 3 heteroatoms. The smallest absolute Gasteiger partial charge is 0.268 e. The summed E-state index contributed by atoms with van der Waals surface area (Å²) in [7, 11) is -2.57. The van der Waals surface area contributed by atoms with Gasteiger partial charge in [0, 0.05) is 16.1 Å². The van der Waals surface area contributed by atoms with E-state index in [0.29, 0.717) is 4.66 Å². The van der Waals surface area contributed by atoms with E-state index in [1.165, 1.54) is 11.1 Å². The zero-order valence-electron chi connectivity index (χ0n) is 13.5. The van der Waals surface area contributed by atoms with E-state index >= 15 is 0 Å². The molecule has 0 spiro atoms. The average molecular weight is 291 g/mol. The summed E-state index contributed by atoms with van der Waals surface area (Å²) in [6.07, 6.45) is 3.91. The molecule has 0 aromatic carbocycles. The Kier molecular flexibility index (Phi) is 6.01. The Morgan fingerprint density at radius 2 is 1.18 bits per heavy atom. The van der Waals surface area contributed by atoms with Gasteiger partial charge < -0.3 is 0 Å². The zero-order valence-corrected chi connectivity index (χ0v) is 18.6. The molecule has 0 unspecified atom stereocenters. The van der Waals surface area contributed by atoms with Gasteiger partial charge in [-0.1, -0.05) is 57.8 Å². The first-order chi connectivity index (χ1) is 6.95. The molecule has 1 aliphatic carbocycles. The van der Waals surface area contributed by atoms with Gasteiger partial charge in [-0.05, 0) is 0 Å². The fraction of sp³-hybridized carbons (Fsp3) is 0.714. The SMILES string of the molecule is CC1=[C-]C([Si](C)(C)C)([Si](C)(C)C)C(C)=C1C.[K+]. The molecule has 1 aliphatic rings. The van der Waals surface area contributed by atoms with Crippen LogP contribution in [0.2, 0.25) is 43.9 Å². The van der Waals surface area contributed by atoms with Crippen molar-refractivity contribution in [1.29, 1.82) is 0 Å². The maximum atomic E-state index is 3.91. The zero-order chi connectivity index (χ0) is 12.9. The van der Waals surface area contributed by atoms with Gasteiger partial charge in [0.1, 0.15) is 0 Å². The first-order valence-corrected chi connectivity index (χ1v) is 13.2. The third-order valence-electron chi connectivity index (χ3n) is 4.31. The fourth-order valence-corrected chi connectivity index (χ4v) is 16.4. The van der Waals surface area contributed by atoms with Crippen LogP contribution >= 0.6 is 0 Å². The van der Waals surface area contributed by atoms with Gasteiger partial charge in [0.2, 0.25) is 0 Å². The van der Waals surface area contributed by atoms with E-state index in [2.05, 4.69) is 66.1 Å². The van der Waals surface area contributed by atoms with Crippen LogP contribution in [0.4, 0.5) is 0 Å². The van der Waals surface area contributed by atoms with E-state index < -0.39 is 16.1 Å². The Hall–Kier alpha value is 1.55. The van der Waals surface area contributed by atoms with E-state index in [1.54, 1.807) is 5.57 Å². The van der Waals surface area contributed by atoms with Crippen molar-refractivity contribution in [1.82, 2.24) is 0 Å². The molecule has 0 atom stereocenters. The first-order valence-electron chi connectivity index (χ1n) is 6.25.